The lowest BCUT2D eigenvalue weighted by Crippen LogP contribution is -2.33. The van der Waals surface area contributed by atoms with Crippen molar-refractivity contribution in [3.05, 3.63) is 110 Å². The largest absolute Gasteiger partial charge is 0.478 e. The van der Waals surface area contributed by atoms with Crippen LogP contribution in [0.2, 0.25) is 0 Å². The molecule has 2 aromatic carbocycles. The molecular weight excluding hydrogens is 757 g/mol. The van der Waals surface area contributed by atoms with Crippen LogP contribution in [-0.4, -0.2) is 91.5 Å². The summed E-state index contributed by atoms with van der Waals surface area (Å²) in [7, 11) is 7.73. The summed E-state index contributed by atoms with van der Waals surface area (Å²) < 4.78 is 15.4. The second-order valence-electron chi connectivity index (χ2n) is 15.3. The minimum absolute atomic E-state index is 0.0298. The quantitative estimate of drug-likeness (QED) is 0.0448. The van der Waals surface area contributed by atoms with Gasteiger partial charge >= 0.3 is 11.7 Å². The van der Waals surface area contributed by atoms with Crippen molar-refractivity contribution in [2.45, 2.75) is 51.4 Å². The number of aromatic amines is 1. The molecule has 0 radical (unpaired) electrons. The van der Waals surface area contributed by atoms with Crippen LogP contribution in [-0.2, 0) is 9.53 Å². The van der Waals surface area contributed by atoms with Crippen molar-refractivity contribution < 1.29 is 33.8 Å². The molecule has 6 rings (SSSR count). The number of rotatable bonds is 15. The highest BCUT2D eigenvalue weighted by molar-refractivity contribution is 6.09. The van der Waals surface area contributed by atoms with Crippen molar-refractivity contribution in [1.29, 1.82) is 0 Å². The van der Waals surface area contributed by atoms with Crippen LogP contribution in [0, 0.1) is 5.92 Å². The van der Waals surface area contributed by atoms with E-state index in [1.807, 2.05) is 81.0 Å². The summed E-state index contributed by atoms with van der Waals surface area (Å²) in [6.07, 6.45) is 6.36. The molecule has 15 nitrogen and oxygen atoms in total. The van der Waals surface area contributed by atoms with E-state index in [9.17, 15) is 34.2 Å². The molecular formula is C44H51N6O9+. The first-order valence-electron chi connectivity index (χ1n) is 19.7. The van der Waals surface area contributed by atoms with E-state index in [-0.39, 0.29) is 29.6 Å². The summed E-state index contributed by atoms with van der Waals surface area (Å²) >= 11 is 0. The molecule has 3 heterocycles. The van der Waals surface area contributed by atoms with Gasteiger partial charge in [0.15, 0.2) is 0 Å². The second-order valence-corrected chi connectivity index (χ2v) is 15.3. The lowest BCUT2D eigenvalue weighted by molar-refractivity contribution is -0.116. The van der Waals surface area contributed by atoms with Crippen LogP contribution in [0.3, 0.4) is 0 Å². The number of H-pyrrole nitrogens is 1. The van der Waals surface area contributed by atoms with E-state index in [4.69, 9.17) is 9.15 Å². The van der Waals surface area contributed by atoms with Gasteiger partial charge < -0.3 is 34.9 Å². The smallest absolute Gasteiger partial charge is 0.336 e. The first-order valence-corrected chi connectivity index (χ1v) is 19.7. The van der Waals surface area contributed by atoms with E-state index in [0.29, 0.717) is 71.3 Å². The number of fused-ring (bicyclic) bond motifs is 2. The number of anilines is 1. The summed E-state index contributed by atoms with van der Waals surface area (Å²) in [6.45, 7) is 2.55. The molecule has 1 saturated heterocycles. The number of aromatic nitrogens is 2. The standard InChI is InChI=1S/C44H50N6O9/c1-26-20-39(59-37(26)25-51)50-24-28(42(54)47-44(50)57)11-17-38(52)45-18-8-6-7-9-19-46-41(53)27-10-14-31(43(55)56)34(21-27)40-32-15-12-29(48(2)3)22-35(32)58-36-23-30(49(4)5)13-16-33(36)40/h10-17,21-24,26,37,39,51H,6-9,18-20,25H2,1-5H3,(H3-,45,46,47,52,53,54,55,56,57)/p+1/b17-11+. The normalized spacial score (nSPS) is 16.5. The maximum absolute atomic E-state index is 13.4. The highest BCUT2D eigenvalue weighted by Gasteiger charge is 2.33. The first-order chi connectivity index (χ1) is 28.2. The maximum atomic E-state index is 13.4. The number of carboxylic acid groups (broad SMARTS) is 1. The molecule has 310 valence electrons. The number of aromatic carboxylic acids is 1. The van der Waals surface area contributed by atoms with Crippen LogP contribution >= 0.6 is 0 Å². The molecule has 2 amide bonds. The fourth-order valence-electron chi connectivity index (χ4n) is 7.23. The van der Waals surface area contributed by atoms with E-state index >= 15 is 0 Å². The topological polar surface area (TPSA) is 199 Å². The van der Waals surface area contributed by atoms with Gasteiger partial charge in [-0.15, -0.1) is 0 Å². The third-order valence-electron chi connectivity index (χ3n) is 10.6. The Kier molecular flexibility index (Phi) is 13.3. The van der Waals surface area contributed by atoms with Gasteiger partial charge in [0.1, 0.15) is 31.7 Å². The highest BCUT2D eigenvalue weighted by atomic mass is 16.5. The van der Waals surface area contributed by atoms with Gasteiger partial charge in [0, 0.05) is 79.4 Å². The van der Waals surface area contributed by atoms with Gasteiger partial charge in [-0.1, -0.05) is 19.8 Å². The van der Waals surface area contributed by atoms with E-state index in [2.05, 4.69) is 15.6 Å². The van der Waals surface area contributed by atoms with Crippen LogP contribution in [0.5, 0.6) is 0 Å². The Hall–Kier alpha value is -6.32. The van der Waals surface area contributed by atoms with Crippen molar-refractivity contribution in [2.75, 3.05) is 52.8 Å². The number of carboxylic acids is 1. The number of carbonyl (C=O) groups excluding carboxylic acids is 2. The number of nitrogens with zero attached hydrogens (tertiary/aromatic N) is 3. The van der Waals surface area contributed by atoms with Crippen LogP contribution in [0.4, 0.5) is 5.69 Å². The number of unbranched alkanes of at least 4 members (excludes halogenated alkanes) is 3. The van der Waals surface area contributed by atoms with Gasteiger partial charge in [-0.3, -0.25) is 23.9 Å². The van der Waals surface area contributed by atoms with E-state index in [1.165, 1.54) is 35.0 Å². The fraction of sp³-hybridized carbons (Fsp3) is 0.364. The minimum Gasteiger partial charge on any atom is -0.478 e. The van der Waals surface area contributed by atoms with E-state index < -0.39 is 35.5 Å². The number of hydrogen-bond acceptors (Lipinski definition) is 9. The van der Waals surface area contributed by atoms with Gasteiger partial charge in [-0.25, -0.2) is 14.2 Å². The van der Waals surface area contributed by atoms with Crippen LogP contribution in [0.15, 0.2) is 80.9 Å². The molecule has 1 fully saturated rings. The number of ether oxygens (including phenoxy) is 1. The van der Waals surface area contributed by atoms with Crippen molar-refractivity contribution in [3.8, 4) is 22.5 Å². The summed E-state index contributed by atoms with van der Waals surface area (Å²) in [6, 6.07) is 16.2. The molecule has 3 unspecified atom stereocenters. The number of aliphatic hydroxyl groups is 1. The van der Waals surface area contributed by atoms with Crippen molar-refractivity contribution in [1.82, 2.24) is 24.8 Å². The van der Waals surface area contributed by atoms with Crippen molar-refractivity contribution >= 4 is 40.5 Å². The van der Waals surface area contributed by atoms with Crippen LogP contribution in [0.25, 0.3) is 39.5 Å². The van der Waals surface area contributed by atoms with Gasteiger partial charge in [0.25, 0.3) is 11.5 Å². The predicted octanol–water partition coefficient (Wildman–Crippen LogP) is 3.89. The first kappa shape index (κ1) is 42.3. The molecule has 15 heteroatoms. The molecule has 1 aromatic heterocycles. The summed E-state index contributed by atoms with van der Waals surface area (Å²) in [5.41, 5.74) is 2.54. The minimum atomic E-state index is -1.11. The number of aliphatic hydroxyl groups excluding tert-OH is 1. The van der Waals surface area contributed by atoms with Gasteiger partial charge in [-0.2, -0.15) is 0 Å². The molecule has 3 atom stereocenters. The van der Waals surface area contributed by atoms with Gasteiger partial charge in [0.2, 0.25) is 11.3 Å². The lowest BCUT2D eigenvalue weighted by Gasteiger charge is -2.19. The van der Waals surface area contributed by atoms with Gasteiger partial charge in [0.05, 0.1) is 29.9 Å². The Labute approximate surface area is 340 Å². The molecule has 0 spiro atoms. The Bertz CT molecular complexity index is 2560. The summed E-state index contributed by atoms with van der Waals surface area (Å²) in [5, 5.41) is 27.2. The molecule has 3 aliphatic rings. The molecule has 2 aliphatic heterocycles. The molecule has 0 saturated carbocycles. The van der Waals surface area contributed by atoms with Crippen molar-refractivity contribution in [3.63, 3.8) is 0 Å². The number of nitrogens with one attached hydrogen (secondary N) is 3. The number of carbonyl (C=O) groups is 3. The number of amides is 2. The molecule has 5 N–H and O–H groups in total. The molecule has 59 heavy (non-hydrogen) atoms. The van der Waals surface area contributed by atoms with Crippen LogP contribution in [0.1, 0.15) is 71.5 Å². The van der Waals surface area contributed by atoms with Crippen LogP contribution < -0.4 is 36.7 Å². The average molecular weight is 808 g/mol. The zero-order valence-corrected chi connectivity index (χ0v) is 33.9. The zero-order valence-electron chi connectivity index (χ0n) is 33.9. The number of hydrogen-bond donors (Lipinski definition) is 5. The third kappa shape index (κ3) is 9.70. The maximum Gasteiger partial charge on any atom is 0.336 e. The zero-order chi connectivity index (χ0) is 42.4. The monoisotopic (exact) mass is 807 g/mol. The van der Waals surface area contributed by atoms with Crippen molar-refractivity contribution in [2.24, 2.45) is 5.92 Å². The van der Waals surface area contributed by atoms with E-state index in [0.717, 1.165) is 23.9 Å². The molecule has 0 bridgehead atoms. The third-order valence-corrected chi connectivity index (χ3v) is 10.6. The summed E-state index contributed by atoms with van der Waals surface area (Å²) in [4.78, 5) is 67.5. The molecule has 3 aromatic rings. The average Bonchev–Trinajstić information content (AvgIpc) is 3.59. The SMILES string of the molecule is CC1CC(n2cc(/C=C/C(=O)NCCCCCCNC(=O)c3ccc(C(=O)O)c(-c4c5ccc(=[N+](C)C)cc-5oc5cc(N(C)C)ccc45)c3)c(=O)[nH]c2=O)OC1CO. The fourth-order valence-corrected chi connectivity index (χ4v) is 7.23. The predicted molar refractivity (Wildman–Crippen MR) is 226 cm³/mol. The Morgan fingerprint density at radius 1 is 0.966 bits per heavy atom. The lowest BCUT2D eigenvalue weighted by atomic mass is 9.89. The Morgan fingerprint density at radius 3 is 2.39 bits per heavy atom. The van der Waals surface area contributed by atoms with Gasteiger partial charge in [-0.05, 0) is 73.2 Å². The number of benzene rings is 3. The Morgan fingerprint density at radius 2 is 1.71 bits per heavy atom. The van der Waals surface area contributed by atoms with E-state index in [1.54, 1.807) is 6.07 Å². The highest BCUT2D eigenvalue weighted by Crippen LogP contribution is 2.42. The molecule has 1 aliphatic carbocycles. The Balaban J connectivity index is 1.05. The second kappa shape index (κ2) is 18.5. The summed E-state index contributed by atoms with van der Waals surface area (Å²) in [5.74, 6) is -1.22.